The highest BCUT2D eigenvalue weighted by Crippen LogP contribution is 2.37. The van der Waals surface area contributed by atoms with Gasteiger partial charge >= 0.3 is 6.18 Å². The maximum atomic E-state index is 13.1. The Balaban J connectivity index is 1.96. The molecule has 0 atom stereocenters. The average molecular weight is 301 g/mol. The Bertz CT molecular complexity index is 907. The second-order valence-corrected chi connectivity index (χ2v) is 5.20. The molecule has 1 N–H and O–H groups in total. The molecule has 0 amide bonds. The van der Waals surface area contributed by atoms with Crippen molar-refractivity contribution in [3.8, 4) is 11.1 Å². The van der Waals surface area contributed by atoms with Crippen LogP contribution in [0, 0.1) is 0 Å². The Morgan fingerprint density at radius 1 is 1.09 bits per heavy atom. The van der Waals surface area contributed by atoms with Gasteiger partial charge in [-0.2, -0.15) is 13.2 Å². The first-order valence-corrected chi connectivity index (χ1v) is 6.70. The molecule has 1 aliphatic rings. The molecular weight excluding hydrogens is 291 g/mol. The summed E-state index contributed by atoms with van der Waals surface area (Å²) in [5.41, 5.74) is 3.55. The lowest BCUT2D eigenvalue weighted by molar-refractivity contribution is -0.137. The van der Waals surface area contributed by atoms with Crippen LogP contribution in [0.3, 0.4) is 0 Å². The molecule has 4 rings (SSSR count). The minimum absolute atomic E-state index is 0.290. The molecular formula is C16H10F3N3. The van der Waals surface area contributed by atoms with Crippen LogP contribution in [0.5, 0.6) is 0 Å². The predicted molar refractivity (Wildman–Crippen MR) is 77.8 cm³/mol. The monoisotopic (exact) mass is 301 g/mol. The van der Waals surface area contributed by atoms with E-state index in [1.807, 2.05) is 6.07 Å². The SMILES string of the molecule is FC(F)(F)c1cc2c(c(-c3ccc4nc[nH]c4c3)c1)C=NC2. The first-order chi connectivity index (χ1) is 10.5. The molecule has 3 aromatic rings. The third kappa shape index (κ3) is 1.99. The van der Waals surface area contributed by atoms with Crippen LogP contribution < -0.4 is 0 Å². The number of alkyl halides is 3. The van der Waals surface area contributed by atoms with Gasteiger partial charge in [0.25, 0.3) is 0 Å². The van der Waals surface area contributed by atoms with E-state index in [0.29, 0.717) is 23.2 Å². The van der Waals surface area contributed by atoms with Crippen molar-refractivity contribution in [3.05, 3.63) is 53.3 Å². The third-order valence-electron chi connectivity index (χ3n) is 3.81. The van der Waals surface area contributed by atoms with Gasteiger partial charge in [0, 0.05) is 11.8 Å². The number of fused-ring (bicyclic) bond motifs is 2. The van der Waals surface area contributed by atoms with Gasteiger partial charge in [0.15, 0.2) is 0 Å². The van der Waals surface area contributed by atoms with Crippen LogP contribution in [0.25, 0.3) is 22.2 Å². The van der Waals surface area contributed by atoms with Gasteiger partial charge in [0.05, 0.1) is 29.5 Å². The molecule has 0 aliphatic carbocycles. The summed E-state index contributed by atoms with van der Waals surface area (Å²) in [6.45, 7) is 0.290. The number of benzene rings is 2. The molecule has 110 valence electrons. The number of nitrogens with one attached hydrogen (secondary N) is 1. The van der Waals surface area contributed by atoms with Gasteiger partial charge in [-0.15, -0.1) is 0 Å². The van der Waals surface area contributed by atoms with Crippen LogP contribution in [-0.4, -0.2) is 16.2 Å². The van der Waals surface area contributed by atoms with Crippen molar-refractivity contribution in [1.29, 1.82) is 0 Å². The number of nitrogens with zero attached hydrogens (tertiary/aromatic N) is 2. The highest BCUT2D eigenvalue weighted by atomic mass is 19.4. The molecule has 22 heavy (non-hydrogen) atoms. The van der Waals surface area contributed by atoms with E-state index in [1.165, 1.54) is 12.1 Å². The predicted octanol–water partition coefficient (Wildman–Crippen LogP) is 4.18. The summed E-state index contributed by atoms with van der Waals surface area (Å²) in [5, 5.41) is 0. The van der Waals surface area contributed by atoms with Crippen molar-refractivity contribution in [3.63, 3.8) is 0 Å². The molecule has 0 spiro atoms. The maximum Gasteiger partial charge on any atom is 0.416 e. The molecule has 0 fully saturated rings. The van der Waals surface area contributed by atoms with E-state index in [0.717, 1.165) is 16.6 Å². The summed E-state index contributed by atoms with van der Waals surface area (Å²) < 4.78 is 39.3. The van der Waals surface area contributed by atoms with E-state index >= 15 is 0 Å². The summed E-state index contributed by atoms with van der Waals surface area (Å²) in [7, 11) is 0. The van der Waals surface area contributed by atoms with Gasteiger partial charge in [-0.3, -0.25) is 4.99 Å². The summed E-state index contributed by atoms with van der Waals surface area (Å²) in [5.74, 6) is 0. The highest BCUT2D eigenvalue weighted by Gasteiger charge is 2.32. The zero-order valence-electron chi connectivity index (χ0n) is 11.3. The van der Waals surface area contributed by atoms with Crippen LogP contribution >= 0.6 is 0 Å². The van der Waals surface area contributed by atoms with Gasteiger partial charge in [0.2, 0.25) is 0 Å². The van der Waals surface area contributed by atoms with E-state index in [1.54, 1.807) is 24.7 Å². The summed E-state index contributed by atoms with van der Waals surface area (Å²) in [6.07, 6.45) is -1.17. The molecule has 2 heterocycles. The third-order valence-corrected chi connectivity index (χ3v) is 3.81. The topological polar surface area (TPSA) is 41.0 Å². The summed E-state index contributed by atoms with van der Waals surface area (Å²) in [6, 6.07) is 7.75. The normalized spacial score (nSPS) is 13.8. The molecule has 1 aliphatic heterocycles. The molecule has 3 nitrogen and oxygen atoms in total. The molecule has 0 unspecified atom stereocenters. The van der Waals surface area contributed by atoms with Crippen molar-refractivity contribution in [2.45, 2.75) is 12.7 Å². The lowest BCUT2D eigenvalue weighted by Crippen LogP contribution is -2.07. The molecule has 0 saturated carbocycles. The Labute approximate surface area is 123 Å². The van der Waals surface area contributed by atoms with Crippen molar-refractivity contribution in [2.24, 2.45) is 4.99 Å². The molecule has 0 radical (unpaired) electrons. The van der Waals surface area contributed by atoms with Crippen LogP contribution in [0.15, 0.2) is 41.7 Å². The maximum absolute atomic E-state index is 13.1. The molecule has 6 heteroatoms. The number of H-pyrrole nitrogens is 1. The number of rotatable bonds is 1. The fourth-order valence-electron chi connectivity index (χ4n) is 2.74. The largest absolute Gasteiger partial charge is 0.416 e. The first-order valence-electron chi connectivity index (χ1n) is 6.70. The lowest BCUT2D eigenvalue weighted by Gasteiger charge is -2.13. The first kappa shape index (κ1) is 13.1. The number of halogens is 3. The second-order valence-electron chi connectivity index (χ2n) is 5.20. The minimum atomic E-state index is -4.37. The van der Waals surface area contributed by atoms with E-state index in [2.05, 4.69) is 15.0 Å². The van der Waals surface area contributed by atoms with Crippen molar-refractivity contribution < 1.29 is 13.2 Å². The van der Waals surface area contributed by atoms with Gasteiger partial charge in [-0.1, -0.05) is 6.07 Å². The van der Waals surface area contributed by atoms with Gasteiger partial charge in [-0.05, 0) is 41.0 Å². The van der Waals surface area contributed by atoms with Crippen molar-refractivity contribution >= 4 is 17.2 Å². The number of aliphatic imine (C=N–C) groups is 1. The zero-order chi connectivity index (χ0) is 15.3. The molecule has 1 aromatic heterocycles. The van der Waals surface area contributed by atoms with Crippen LogP contribution in [0.2, 0.25) is 0 Å². The number of imidazole rings is 1. The number of aromatic nitrogens is 2. The highest BCUT2D eigenvalue weighted by molar-refractivity contribution is 5.96. The Kier molecular flexibility index (Phi) is 2.63. The zero-order valence-corrected chi connectivity index (χ0v) is 11.3. The average Bonchev–Trinajstić information content (AvgIpc) is 3.13. The Morgan fingerprint density at radius 3 is 2.77 bits per heavy atom. The van der Waals surface area contributed by atoms with E-state index < -0.39 is 11.7 Å². The molecule has 0 saturated heterocycles. The fourth-order valence-corrected chi connectivity index (χ4v) is 2.74. The van der Waals surface area contributed by atoms with Gasteiger partial charge in [-0.25, -0.2) is 4.98 Å². The van der Waals surface area contributed by atoms with E-state index in [-0.39, 0.29) is 0 Å². The summed E-state index contributed by atoms with van der Waals surface area (Å²) in [4.78, 5) is 11.2. The second kappa shape index (κ2) is 4.43. The number of hydrogen-bond donors (Lipinski definition) is 1. The van der Waals surface area contributed by atoms with Crippen molar-refractivity contribution in [1.82, 2.24) is 9.97 Å². The summed E-state index contributed by atoms with van der Waals surface area (Å²) >= 11 is 0. The smallest absolute Gasteiger partial charge is 0.345 e. The van der Waals surface area contributed by atoms with E-state index in [4.69, 9.17) is 0 Å². The van der Waals surface area contributed by atoms with Gasteiger partial charge < -0.3 is 4.98 Å². The Morgan fingerprint density at radius 2 is 1.95 bits per heavy atom. The van der Waals surface area contributed by atoms with E-state index in [9.17, 15) is 13.2 Å². The van der Waals surface area contributed by atoms with Crippen LogP contribution in [0.4, 0.5) is 13.2 Å². The van der Waals surface area contributed by atoms with Crippen LogP contribution in [-0.2, 0) is 12.7 Å². The number of hydrogen-bond acceptors (Lipinski definition) is 2. The van der Waals surface area contributed by atoms with Crippen LogP contribution in [0.1, 0.15) is 16.7 Å². The molecule has 0 bridgehead atoms. The standard InChI is InChI=1S/C16H10F3N3/c17-16(18,19)11-3-10-6-20-7-13(10)12(5-11)9-1-2-14-15(4-9)22-8-21-14/h1-5,7-8H,6H2,(H,21,22). The quantitative estimate of drug-likeness (QED) is 0.719. The lowest BCUT2D eigenvalue weighted by atomic mass is 9.94. The fraction of sp³-hybridized carbons (Fsp3) is 0.125. The minimum Gasteiger partial charge on any atom is -0.345 e. The Hall–Kier alpha value is -2.63. The van der Waals surface area contributed by atoms with Gasteiger partial charge in [0.1, 0.15) is 0 Å². The molecule has 2 aromatic carbocycles. The number of aromatic amines is 1. The van der Waals surface area contributed by atoms with Crippen molar-refractivity contribution in [2.75, 3.05) is 0 Å².